The van der Waals surface area contributed by atoms with Gasteiger partial charge in [-0.1, -0.05) is 26.8 Å². The Hall–Kier alpha value is -0.830. The third kappa shape index (κ3) is 4.15. The van der Waals surface area contributed by atoms with Crippen molar-refractivity contribution in [2.45, 2.75) is 46.5 Å². The van der Waals surface area contributed by atoms with Crippen LogP contribution in [0.5, 0.6) is 0 Å². The molecule has 0 aromatic rings. The fourth-order valence-corrected chi connectivity index (χ4v) is 2.63. The topological polar surface area (TPSA) is 57.5 Å². The minimum Gasteiger partial charge on any atom is -0.478 e. The van der Waals surface area contributed by atoms with Crippen molar-refractivity contribution < 1.29 is 15.0 Å². The van der Waals surface area contributed by atoms with Crippen molar-refractivity contribution in [1.29, 1.82) is 0 Å². The highest BCUT2D eigenvalue weighted by Gasteiger charge is 2.29. The first kappa shape index (κ1) is 14.2. The molecular formula is C14H24O3. The van der Waals surface area contributed by atoms with Crippen LogP contribution in [0.4, 0.5) is 0 Å². The van der Waals surface area contributed by atoms with Gasteiger partial charge in [0.1, 0.15) is 0 Å². The van der Waals surface area contributed by atoms with Crippen LogP contribution >= 0.6 is 0 Å². The molecule has 0 amide bonds. The van der Waals surface area contributed by atoms with E-state index in [0.717, 1.165) is 31.6 Å². The summed E-state index contributed by atoms with van der Waals surface area (Å²) in [5.41, 5.74) is 0.491. The first-order valence-corrected chi connectivity index (χ1v) is 6.39. The molecule has 1 saturated carbocycles. The lowest BCUT2D eigenvalue weighted by atomic mass is 9.69. The van der Waals surface area contributed by atoms with Gasteiger partial charge >= 0.3 is 5.97 Å². The van der Waals surface area contributed by atoms with Crippen LogP contribution in [0.2, 0.25) is 0 Å². The fourth-order valence-electron chi connectivity index (χ4n) is 2.63. The molecule has 17 heavy (non-hydrogen) atoms. The Kier molecular flexibility index (Phi) is 4.75. The molecule has 98 valence electrons. The highest BCUT2D eigenvalue weighted by Crippen LogP contribution is 2.40. The molecule has 0 aromatic carbocycles. The number of carboxylic acids is 1. The third-order valence-corrected chi connectivity index (χ3v) is 3.88. The van der Waals surface area contributed by atoms with Crippen LogP contribution in [0.3, 0.4) is 0 Å². The molecule has 0 radical (unpaired) electrons. The number of carbonyl (C=O) groups is 1. The van der Waals surface area contributed by atoms with Crippen LogP contribution in [-0.4, -0.2) is 22.8 Å². The lowest BCUT2D eigenvalue weighted by Gasteiger charge is -2.36. The van der Waals surface area contributed by atoms with E-state index < -0.39 is 5.97 Å². The van der Waals surface area contributed by atoms with Gasteiger partial charge in [0, 0.05) is 0 Å². The second-order valence-electron chi connectivity index (χ2n) is 6.13. The van der Waals surface area contributed by atoms with Crippen molar-refractivity contribution in [1.82, 2.24) is 0 Å². The third-order valence-electron chi connectivity index (χ3n) is 3.88. The Balaban J connectivity index is 2.55. The Labute approximate surface area is 104 Å². The predicted octanol–water partition coefficient (Wildman–Crippen LogP) is 2.84. The van der Waals surface area contributed by atoms with E-state index in [2.05, 4.69) is 20.8 Å². The van der Waals surface area contributed by atoms with Gasteiger partial charge in [-0.2, -0.15) is 0 Å². The van der Waals surface area contributed by atoms with E-state index in [1.165, 1.54) is 0 Å². The molecule has 0 spiro atoms. The van der Waals surface area contributed by atoms with E-state index in [9.17, 15) is 4.79 Å². The summed E-state index contributed by atoms with van der Waals surface area (Å²) in [6.45, 7) is 6.44. The lowest BCUT2D eigenvalue weighted by Crippen LogP contribution is -2.25. The molecule has 3 nitrogen and oxygen atoms in total. The minimum absolute atomic E-state index is 0.143. The average Bonchev–Trinajstić information content (AvgIpc) is 2.25. The highest BCUT2D eigenvalue weighted by molar-refractivity contribution is 5.86. The van der Waals surface area contributed by atoms with Crippen LogP contribution in [0.25, 0.3) is 0 Å². The number of aliphatic hydroxyl groups excluding tert-OH is 1. The monoisotopic (exact) mass is 240 g/mol. The summed E-state index contributed by atoms with van der Waals surface area (Å²) >= 11 is 0. The molecule has 1 aliphatic rings. The molecule has 0 saturated heterocycles. The number of hydrogen-bond donors (Lipinski definition) is 2. The number of allylic oxidation sites excluding steroid dienone is 1. The number of aliphatic carboxylic acids is 1. The van der Waals surface area contributed by atoms with Crippen molar-refractivity contribution >= 4 is 5.97 Å². The summed E-state index contributed by atoms with van der Waals surface area (Å²) in [6.07, 6.45) is 6.14. The van der Waals surface area contributed by atoms with E-state index in [4.69, 9.17) is 10.2 Å². The van der Waals surface area contributed by atoms with Crippen LogP contribution in [0.1, 0.15) is 46.5 Å². The summed E-state index contributed by atoms with van der Waals surface area (Å²) in [6, 6.07) is 0. The normalized spacial score (nSPS) is 26.9. The molecule has 0 heterocycles. The van der Waals surface area contributed by atoms with Gasteiger partial charge in [0.15, 0.2) is 0 Å². The van der Waals surface area contributed by atoms with Crippen molar-refractivity contribution in [3.8, 4) is 0 Å². The van der Waals surface area contributed by atoms with Crippen molar-refractivity contribution in [2.75, 3.05) is 6.61 Å². The van der Waals surface area contributed by atoms with Crippen LogP contribution in [0, 0.1) is 17.3 Å². The molecule has 0 unspecified atom stereocenters. The zero-order valence-electron chi connectivity index (χ0n) is 11.1. The second-order valence-corrected chi connectivity index (χ2v) is 6.13. The van der Waals surface area contributed by atoms with Crippen molar-refractivity contribution in [3.63, 3.8) is 0 Å². The van der Waals surface area contributed by atoms with Gasteiger partial charge < -0.3 is 10.2 Å². The zero-order chi connectivity index (χ0) is 13.1. The van der Waals surface area contributed by atoms with E-state index in [1.807, 2.05) is 0 Å². The Morgan fingerprint density at radius 2 is 1.76 bits per heavy atom. The molecular weight excluding hydrogens is 216 g/mol. The smallest absolute Gasteiger partial charge is 0.333 e. The van der Waals surface area contributed by atoms with E-state index in [0.29, 0.717) is 11.3 Å². The molecule has 3 heteroatoms. The van der Waals surface area contributed by atoms with Gasteiger partial charge in [0.05, 0.1) is 12.2 Å². The number of carboxylic acid groups (broad SMARTS) is 1. The SMILES string of the molecule is CC(C)(C)C1CCC(C=C(CO)C(=O)O)CC1. The van der Waals surface area contributed by atoms with Crippen molar-refractivity contribution in [2.24, 2.45) is 17.3 Å². The largest absolute Gasteiger partial charge is 0.478 e. The molecule has 0 bridgehead atoms. The van der Waals surface area contributed by atoms with E-state index in [-0.39, 0.29) is 12.2 Å². The van der Waals surface area contributed by atoms with Crippen LogP contribution < -0.4 is 0 Å². The summed E-state index contributed by atoms with van der Waals surface area (Å²) < 4.78 is 0. The minimum atomic E-state index is -0.995. The van der Waals surface area contributed by atoms with Crippen LogP contribution in [0.15, 0.2) is 11.6 Å². The predicted molar refractivity (Wildman–Crippen MR) is 67.7 cm³/mol. The average molecular weight is 240 g/mol. The van der Waals surface area contributed by atoms with Gasteiger partial charge in [0.25, 0.3) is 0 Å². The maximum Gasteiger partial charge on any atom is 0.333 e. The van der Waals surface area contributed by atoms with Gasteiger partial charge in [-0.3, -0.25) is 0 Å². The second kappa shape index (κ2) is 5.67. The lowest BCUT2D eigenvalue weighted by molar-refractivity contribution is -0.133. The van der Waals surface area contributed by atoms with Gasteiger partial charge in [-0.05, 0) is 42.9 Å². The molecule has 0 aliphatic heterocycles. The number of rotatable bonds is 3. The molecule has 1 fully saturated rings. The Morgan fingerprint density at radius 1 is 1.24 bits per heavy atom. The fraction of sp³-hybridized carbons (Fsp3) is 0.786. The summed E-state index contributed by atoms with van der Waals surface area (Å²) in [5.74, 6) is 0.0619. The van der Waals surface area contributed by atoms with Gasteiger partial charge in [0.2, 0.25) is 0 Å². The number of aliphatic hydroxyl groups is 1. The Bertz CT molecular complexity index is 291. The Morgan fingerprint density at radius 3 is 2.12 bits per heavy atom. The quantitative estimate of drug-likeness (QED) is 0.746. The standard InChI is InChI=1S/C14H24O3/c1-14(2,3)12-6-4-10(5-7-12)8-11(9-15)13(16)17/h8,10,12,15H,4-7,9H2,1-3H3,(H,16,17). The van der Waals surface area contributed by atoms with E-state index in [1.54, 1.807) is 6.08 Å². The molecule has 0 aromatic heterocycles. The maximum atomic E-state index is 10.8. The van der Waals surface area contributed by atoms with Gasteiger partial charge in [-0.15, -0.1) is 0 Å². The maximum absolute atomic E-state index is 10.8. The summed E-state index contributed by atoms with van der Waals surface area (Å²) in [5, 5.41) is 17.8. The van der Waals surface area contributed by atoms with Crippen LogP contribution in [-0.2, 0) is 4.79 Å². The summed E-state index contributed by atoms with van der Waals surface area (Å²) in [4.78, 5) is 10.8. The first-order chi connectivity index (χ1) is 7.84. The molecule has 0 atom stereocenters. The molecule has 1 aliphatic carbocycles. The van der Waals surface area contributed by atoms with E-state index >= 15 is 0 Å². The highest BCUT2D eigenvalue weighted by atomic mass is 16.4. The molecule has 1 rings (SSSR count). The summed E-state index contributed by atoms with van der Waals surface area (Å²) in [7, 11) is 0. The molecule has 2 N–H and O–H groups in total. The number of hydrogen-bond acceptors (Lipinski definition) is 2. The zero-order valence-corrected chi connectivity index (χ0v) is 11.1. The van der Waals surface area contributed by atoms with Gasteiger partial charge in [-0.25, -0.2) is 4.79 Å². The van der Waals surface area contributed by atoms with Crippen molar-refractivity contribution in [3.05, 3.63) is 11.6 Å². The first-order valence-electron chi connectivity index (χ1n) is 6.39.